The van der Waals surface area contributed by atoms with Crippen molar-refractivity contribution in [1.29, 1.82) is 0 Å². The molecule has 1 aromatic rings. The van der Waals surface area contributed by atoms with Gasteiger partial charge in [0.25, 0.3) is 0 Å². The molecule has 2 heterocycles. The molecule has 26 heavy (non-hydrogen) atoms. The number of carbonyl (C=O) groups excluding carboxylic acids is 2. The number of hydrogen-bond acceptors (Lipinski definition) is 6. The molecule has 2 amide bonds. The van der Waals surface area contributed by atoms with E-state index in [1.807, 2.05) is 0 Å². The second kappa shape index (κ2) is 7.30. The molecule has 3 rings (SSSR count). The molecule has 1 saturated heterocycles. The van der Waals surface area contributed by atoms with Crippen molar-refractivity contribution in [3.8, 4) is 0 Å². The first-order valence-electron chi connectivity index (χ1n) is 7.88. The Morgan fingerprint density at radius 2 is 2.31 bits per heavy atom. The van der Waals surface area contributed by atoms with E-state index in [-0.39, 0.29) is 19.0 Å². The van der Waals surface area contributed by atoms with E-state index in [0.29, 0.717) is 18.0 Å². The number of carbonyl (C=O) groups is 2. The Kier molecular flexibility index (Phi) is 4.92. The monoisotopic (exact) mass is 363 g/mol. The van der Waals surface area contributed by atoms with Crippen LogP contribution in [0, 0.1) is 5.82 Å². The Morgan fingerprint density at radius 1 is 1.50 bits per heavy atom. The second-order valence-corrected chi connectivity index (χ2v) is 5.84. The summed E-state index contributed by atoms with van der Waals surface area (Å²) in [5, 5.41) is 14.0. The first kappa shape index (κ1) is 17.5. The predicted octanol–water partition coefficient (Wildman–Crippen LogP) is 1.26. The highest BCUT2D eigenvalue weighted by Crippen LogP contribution is 2.29. The van der Waals surface area contributed by atoms with E-state index < -0.39 is 18.0 Å². The number of oxime groups is 1. The number of amides is 2. The van der Waals surface area contributed by atoms with Gasteiger partial charge in [-0.05, 0) is 18.2 Å². The van der Waals surface area contributed by atoms with Gasteiger partial charge in [0.1, 0.15) is 18.3 Å². The van der Waals surface area contributed by atoms with Gasteiger partial charge in [-0.1, -0.05) is 5.16 Å². The summed E-state index contributed by atoms with van der Waals surface area (Å²) >= 11 is 0. The highest BCUT2D eigenvalue weighted by molar-refractivity contribution is 5.90. The fourth-order valence-electron chi connectivity index (χ4n) is 2.73. The molecule has 9 nitrogen and oxygen atoms in total. The molecule has 0 radical (unpaired) electrons. The topological polar surface area (TPSA) is 97.7 Å². The standard InChI is InChI=1S/C16H18FN5O4/c1-11(23)18-7-13-8-22(16(24)26-13)12-2-3-15(14(17)6-12)21-5-4-20(10-21)9-19-25/h2-6,9,13,25H,7-8,10H2,1H3,(H,18,23)/t13-/m0/s1. The van der Waals surface area contributed by atoms with Crippen LogP contribution in [0.1, 0.15) is 6.92 Å². The smallest absolute Gasteiger partial charge is 0.414 e. The van der Waals surface area contributed by atoms with Crippen LogP contribution in [-0.4, -0.2) is 54.3 Å². The Morgan fingerprint density at radius 3 is 3.00 bits per heavy atom. The van der Waals surface area contributed by atoms with Crippen LogP contribution >= 0.6 is 0 Å². The quantitative estimate of drug-likeness (QED) is 0.354. The van der Waals surface area contributed by atoms with Crippen LogP contribution in [0.4, 0.5) is 20.6 Å². The van der Waals surface area contributed by atoms with E-state index in [1.165, 1.54) is 24.2 Å². The molecule has 0 aromatic heterocycles. The van der Waals surface area contributed by atoms with E-state index in [1.54, 1.807) is 34.3 Å². The molecule has 0 spiro atoms. The molecule has 138 valence electrons. The van der Waals surface area contributed by atoms with Crippen molar-refractivity contribution >= 4 is 29.7 Å². The molecule has 1 aromatic carbocycles. The van der Waals surface area contributed by atoms with Gasteiger partial charge in [-0.3, -0.25) is 9.69 Å². The summed E-state index contributed by atoms with van der Waals surface area (Å²) < 4.78 is 19.7. The number of anilines is 2. The predicted molar refractivity (Wildman–Crippen MR) is 91.3 cm³/mol. The third-order valence-electron chi connectivity index (χ3n) is 3.96. The third kappa shape index (κ3) is 3.68. The SMILES string of the molecule is CC(=O)NC[C@H]1CN(c2ccc(N3C=CN(C=NO)C3)c(F)c2)C(=O)O1. The lowest BCUT2D eigenvalue weighted by molar-refractivity contribution is -0.119. The minimum Gasteiger partial charge on any atom is -0.442 e. The summed E-state index contributed by atoms with van der Waals surface area (Å²) in [6.07, 6.45) is 3.42. The van der Waals surface area contributed by atoms with E-state index >= 15 is 0 Å². The highest BCUT2D eigenvalue weighted by Gasteiger charge is 2.33. The largest absolute Gasteiger partial charge is 0.442 e. The number of hydrogen-bond donors (Lipinski definition) is 2. The molecule has 1 fully saturated rings. The first-order chi connectivity index (χ1) is 12.5. The van der Waals surface area contributed by atoms with Crippen molar-refractivity contribution in [3.63, 3.8) is 0 Å². The molecule has 0 saturated carbocycles. The van der Waals surface area contributed by atoms with Crippen LogP contribution in [0.5, 0.6) is 0 Å². The van der Waals surface area contributed by atoms with Crippen LogP contribution in [0.2, 0.25) is 0 Å². The van der Waals surface area contributed by atoms with Gasteiger partial charge in [0.15, 0.2) is 0 Å². The molecule has 0 bridgehead atoms. The van der Waals surface area contributed by atoms with Crippen LogP contribution in [0.3, 0.4) is 0 Å². The number of halogens is 1. The molecule has 1 atom stereocenters. The van der Waals surface area contributed by atoms with Crippen molar-refractivity contribution in [1.82, 2.24) is 10.2 Å². The first-order valence-corrected chi connectivity index (χ1v) is 7.88. The summed E-state index contributed by atoms with van der Waals surface area (Å²) in [6.45, 7) is 2.11. The van der Waals surface area contributed by atoms with Gasteiger partial charge in [0.2, 0.25) is 5.91 Å². The van der Waals surface area contributed by atoms with E-state index in [9.17, 15) is 14.0 Å². The maximum Gasteiger partial charge on any atom is 0.414 e. The minimum absolute atomic E-state index is 0.207. The average molecular weight is 363 g/mol. The van der Waals surface area contributed by atoms with Gasteiger partial charge in [-0.15, -0.1) is 0 Å². The molecule has 0 aliphatic carbocycles. The van der Waals surface area contributed by atoms with Crippen LogP contribution < -0.4 is 15.1 Å². The summed E-state index contributed by atoms with van der Waals surface area (Å²) in [7, 11) is 0. The van der Waals surface area contributed by atoms with Gasteiger partial charge >= 0.3 is 6.09 Å². The number of benzene rings is 1. The Bertz CT molecular complexity index is 769. The summed E-state index contributed by atoms with van der Waals surface area (Å²) in [4.78, 5) is 27.5. The molecular formula is C16H18FN5O4. The highest BCUT2D eigenvalue weighted by atomic mass is 19.1. The normalized spacial score (nSPS) is 19.5. The molecular weight excluding hydrogens is 345 g/mol. The lowest BCUT2D eigenvalue weighted by Crippen LogP contribution is -2.33. The average Bonchev–Trinajstić information content (AvgIpc) is 3.20. The molecule has 2 N–H and O–H groups in total. The van der Waals surface area contributed by atoms with Crippen molar-refractivity contribution in [2.45, 2.75) is 13.0 Å². The van der Waals surface area contributed by atoms with Gasteiger partial charge in [0, 0.05) is 19.3 Å². The maximum atomic E-state index is 14.5. The van der Waals surface area contributed by atoms with Gasteiger partial charge in [-0.25, -0.2) is 9.18 Å². The number of rotatable bonds is 5. The zero-order valence-electron chi connectivity index (χ0n) is 14.0. The van der Waals surface area contributed by atoms with Crippen LogP contribution in [0.25, 0.3) is 0 Å². The van der Waals surface area contributed by atoms with Crippen molar-refractivity contribution in [3.05, 3.63) is 36.4 Å². The van der Waals surface area contributed by atoms with Crippen molar-refractivity contribution < 1.29 is 23.9 Å². The fourth-order valence-corrected chi connectivity index (χ4v) is 2.73. The minimum atomic E-state index is -0.584. The summed E-state index contributed by atoms with van der Waals surface area (Å²) in [6, 6.07) is 4.44. The molecule has 10 heteroatoms. The van der Waals surface area contributed by atoms with Crippen LogP contribution in [0.15, 0.2) is 35.8 Å². The number of cyclic esters (lactones) is 1. The fraction of sp³-hybridized carbons (Fsp3) is 0.312. The summed E-state index contributed by atoms with van der Waals surface area (Å²) in [5.41, 5.74) is 0.694. The van der Waals surface area contributed by atoms with E-state index in [4.69, 9.17) is 9.94 Å². The second-order valence-electron chi connectivity index (χ2n) is 5.84. The maximum absolute atomic E-state index is 14.5. The van der Waals surface area contributed by atoms with E-state index in [2.05, 4.69) is 10.5 Å². The van der Waals surface area contributed by atoms with E-state index in [0.717, 1.165) is 0 Å². The number of nitrogens with zero attached hydrogens (tertiary/aromatic N) is 4. The summed E-state index contributed by atoms with van der Waals surface area (Å²) in [5.74, 6) is -0.720. The Balaban J connectivity index is 1.69. The van der Waals surface area contributed by atoms with Gasteiger partial charge in [-0.2, -0.15) is 0 Å². The zero-order chi connectivity index (χ0) is 18.7. The lowest BCUT2D eigenvalue weighted by atomic mass is 10.2. The van der Waals surface area contributed by atoms with Crippen LogP contribution in [-0.2, 0) is 9.53 Å². The van der Waals surface area contributed by atoms with Gasteiger partial charge < -0.3 is 25.1 Å². The third-order valence-corrected chi connectivity index (χ3v) is 3.96. The molecule has 0 unspecified atom stereocenters. The number of nitrogens with one attached hydrogen (secondary N) is 1. The van der Waals surface area contributed by atoms with Gasteiger partial charge in [0.05, 0.1) is 31.1 Å². The number of ether oxygens (including phenoxy) is 1. The Hall–Kier alpha value is -3.30. The van der Waals surface area contributed by atoms with Crippen molar-refractivity contribution in [2.24, 2.45) is 5.16 Å². The lowest BCUT2D eigenvalue weighted by Gasteiger charge is -2.20. The Labute approximate surface area is 148 Å². The molecule has 2 aliphatic rings. The molecule has 2 aliphatic heterocycles. The van der Waals surface area contributed by atoms with Crippen molar-refractivity contribution in [2.75, 3.05) is 29.6 Å². The zero-order valence-corrected chi connectivity index (χ0v) is 14.0.